The molecule has 5 rings (SSSR count). The second kappa shape index (κ2) is 13.3. The van der Waals surface area contributed by atoms with Gasteiger partial charge >= 0.3 is 5.97 Å². The van der Waals surface area contributed by atoms with Crippen molar-refractivity contribution in [1.29, 1.82) is 0 Å². The van der Waals surface area contributed by atoms with E-state index in [0.717, 1.165) is 30.6 Å². The van der Waals surface area contributed by atoms with Crippen LogP contribution in [0.3, 0.4) is 0 Å². The largest absolute Gasteiger partial charge is 0.477 e. The van der Waals surface area contributed by atoms with Crippen molar-refractivity contribution in [3.8, 4) is 0 Å². The average molecular weight is 632 g/mol. The Labute approximate surface area is 251 Å². The average Bonchev–Trinajstić information content (AvgIpc) is 3.64. The molecule has 18 heteroatoms. The minimum atomic E-state index is -1.24. The molecule has 0 spiro atoms. The summed E-state index contributed by atoms with van der Waals surface area (Å²) >= 11 is 3.69. The SMILES string of the molecule is C=CCn1nnnc1SCC1=C(C(=O)O)N2C(=O)C(NC(=O)/C(=N\OC3C=CCCC3)c3csc(NC=O)n3)[C@H]2SC1. The fourth-order valence-electron chi connectivity index (χ4n) is 4.39. The number of β-lactam (4-membered cyclic amide) rings is 1. The number of allylic oxidation sites excluding steroid dienone is 2. The highest BCUT2D eigenvalue weighted by Gasteiger charge is 2.54. The third-order valence-corrected chi connectivity index (χ3v) is 9.50. The van der Waals surface area contributed by atoms with Crippen LogP contribution in [0.2, 0.25) is 0 Å². The van der Waals surface area contributed by atoms with Gasteiger partial charge in [0.2, 0.25) is 11.6 Å². The van der Waals surface area contributed by atoms with Gasteiger partial charge in [-0.25, -0.2) is 14.5 Å². The van der Waals surface area contributed by atoms with Gasteiger partial charge in [0.1, 0.15) is 28.9 Å². The molecule has 42 heavy (non-hydrogen) atoms. The second-order valence-corrected chi connectivity index (χ2v) is 12.0. The number of anilines is 1. The first-order valence-corrected chi connectivity index (χ1v) is 15.6. The monoisotopic (exact) mass is 631 g/mol. The summed E-state index contributed by atoms with van der Waals surface area (Å²) < 4.78 is 1.53. The first-order valence-electron chi connectivity index (χ1n) is 12.7. The van der Waals surface area contributed by atoms with E-state index in [2.05, 4.69) is 42.9 Å². The lowest BCUT2D eigenvalue weighted by molar-refractivity contribution is -0.150. The van der Waals surface area contributed by atoms with Crippen molar-refractivity contribution in [1.82, 2.24) is 35.4 Å². The molecule has 1 fully saturated rings. The third kappa shape index (κ3) is 6.24. The molecule has 2 aromatic rings. The minimum Gasteiger partial charge on any atom is -0.477 e. The number of carboxylic acid groups (broad SMARTS) is 1. The van der Waals surface area contributed by atoms with Gasteiger partial charge in [0.15, 0.2) is 10.8 Å². The van der Waals surface area contributed by atoms with Crippen LogP contribution < -0.4 is 10.6 Å². The van der Waals surface area contributed by atoms with Crippen LogP contribution >= 0.6 is 34.9 Å². The summed E-state index contributed by atoms with van der Waals surface area (Å²) in [5.41, 5.74) is 0.411. The zero-order chi connectivity index (χ0) is 29.6. The summed E-state index contributed by atoms with van der Waals surface area (Å²) in [7, 11) is 0. The molecule has 3 N–H and O–H groups in total. The van der Waals surface area contributed by atoms with Crippen molar-refractivity contribution in [2.24, 2.45) is 5.16 Å². The summed E-state index contributed by atoms with van der Waals surface area (Å²) in [4.78, 5) is 60.7. The van der Waals surface area contributed by atoms with Gasteiger partial charge in [-0.3, -0.25) is 19.3 Å². The first kappa shape index (κ1) is 29.5. The van der Waals surface area contributed by atoms with Crippen LogP contribution in [0.15, 0.2) is 51.8 Å². The fraction of sp³-hybridized carbons (Fsp3) is 0.375. The minimum absolute atomic E-state index is 0.116. The van der Waals surface area contributed by atoms with Gasteiger partial charge in [-0.1, -0.05) is 29.1 Å². The molecule has 220 valence electrons. The summed E-state index contributed by atoms with van der Waals surface area (Å²) in [6.07, 6.45) is 8.21. The molecule has 2 unspecified atom stereocenters. The number of nitrogens with one attached hydrogen (secondary N) is 2. The number of thiazole rings is 1. The highest BCUT2D eigenvalue weighted by Crippen LogP contribution is 2.41. The standard InChI is InChI=1S/C24H25N9O6S3/c1-2-8-32-24(28-30-31-32)42-10-13-9-40-21-17(20(36)33(21)18(13)22(37)38)27-19(35)16(15-11-41-23(26-15)25-12-34)29-39-14-6-4-3-5-7-14/h2,4,6,11-12,14,17,21H,1,3,5,7-10H2,(H,27,35)(H,37,38)(H,25,26,34)/b29-16-/t14?,17?,21-/m1/s1. The van der Waals surface area contributed by atoms with Crippen molar-refractivity contribution in [2.45, 2.75) is 48.5 Å². The van der Waals surface area contributed by atoms with E-state index in [4.69, 9.17) is 4.84 Å². The van der Waals surface area contributed by atoms with Crippen LogP contribution in [-0.2, 0) is 30.6 Å². The maximum atomic E-state index is 13.4. The van der Waals surface area contributed by atoms with Gasteiger partial charge in [0.25, 0.3) is 11.8 Å². The van der Waals surface area contributed by atoms with Gasteiger partial charge in [0, 0.05) is 16.9 Å². The van der Waals surface area contributed by atoms with E-state index in [-0.39, 0.29) is 34.1 Å². The van der Waals surface area contributed by atoms with Gasteiger partial charge in [-0.2, -0.15) is 0 Å². The lowest BCUT2D eigenvalue weighted by Gasteiger charge is -2.49. The molecule has 0 saturated carbocycles. The number of hydrogen-bond acceptors (Lipinski definition) is 13. The topological polar surface area (TPSA) is 194 Å². The van der Waals surface area contributed by atoms with E-state index in [0.29, 0.717) is 29.4 Å². The lowest BCUT2D eigenvalue weighted by atomic mass is 10.0. The molecule has 1 saturated heterocycles. The number of carboxylic acids is 1. The number of aromatic nitrogens is 5. The quantitative estimate of drug-likeness (QED) is 0.0716. The zero-order valence-corrected chi connectivity index (χ0v) is 24.4. The number of hydrogen-bond donors (Lipinski definition) is 3. The van der Waals surface area contributed by atoms with Crippen LogP contribution in [0.4, 0.5) is 5.13 Å². The lowest BCUT2D eigenvalue weighted by Crippen LogP contribution is -2.71. The van der Waals surface area contributed by atoms with E-state index in [1.807, 2.05) is 12.2 Å². The van der Waals surface area contributed by atoms with Crippen LogP contribution in [-0.4, -0.2) is 94.1 Å². The maximum Gasteiger partial charge on any atom is 0.352 e. The summed E-state index contributed by atoms with van der Waals surface area (Å²) in [6.45, 7) is 4.06. The van der Waals surface area contributed by atoms with Gasteiger partial charge in [-0.05, 0) is 41.3 Å². The number of fused-ring (bicyclic) bond motifs is 1. The molecule has 0 aromatic carbocycles. The Balaban J connectivity index is 1.31. The molecule has 4 heterocycles. The number of amides is 3. The van der Waals surface area contributed by atoms with E-state index in [1.165, 1.54) is 38.5 Å². The maximum absolute atomic E-state index is 13.4. The predicted molar refractivity (Wildman–Crippen MR) is 155 cm³/mol. The molecule has 2 aromatic heterocycles. The number of carbonyl (C=O) groups excluding carboxylic acids is 3. The molecule has 3 aliphatic rings. The molecule has 3 atom stereocenters. The highest BCUT2D eigenvalue weighted by atomic mass is 32.2. The molecule has 2 aliphatic heterocycles. The third-order valence-electron chi connectivity index (χ3n) is 6.35. The number of thioether (sulfide) groups is 2. The predicted octanol–water partition coefficient (Wildman–Crippen LogP) is 1.24. The number of carbonyl (C=O) groups is 4. The van der Waals surface area contributed by atoms with Crippen molar-refractivity contribution in [3.63, 3.8) is 0 Å². The molecule has 3 amide bonds. The molecule has 1 aliphatic carbocycles. The van der Waals surface area contributed by atoms with Crippen molar-refractivity contribution in [3.05, 3.63) is 47.2 Å². The Bertz CT molecular complexity index is 1490. The highest BCUT2D eigenvalue weighted by molar-refractivity contribution is 8.01. The second-order valence-electron chi connectivity index (χ2n) is 9.08. The number of oxime groups is 1. The Morgan fingerprint density at radius 3 is 2.98 bits per heavy atom. The summed E-state index contributed by atoms with van der Waals surface area (Å²) in [6, 6.07) is -0.989. The van der Waals surface area contributed by atoms with E-state index < -0.39 is 29.2 Å². The van der Waals surface area contributed by atoms with Crippen LogP contribution in [0.25, 0.3) is 0 Å². The van der Waals surface area contributed by atoms with Crippen LogP contribution in [0.1, 0.15) is 25.0 Å². The summed E-state index contributed by atoms with van der Waals surface area (Å²) in [5, 5.41) is 32.3. The van der Waals surface area contributed by atoms with Gasteiger partial charge in [0.05, 0.1) is 6.54 Å². The van der Waals surface area contributed by atoms with Crippen molar-refractivity contribution < 1.29 is 29.1 Å². The number of rotatable bonds is 13. The Morgan fingerprint density at radius 1 is 1.38 bits per heavy atom. The Hall–Kier alpha value is -4.03. The Morgan fingerprint density at radius 2 is 2.24 bits per heavy atom. The summed E-state index contributed by atoms with van der Waals surface area (Å²) in [5.74, 6) is -1.94. The van der Waals surface area contributed by atoms with Crippen LogP contribution in [0, 0.1) is 0 Å². The number of nitrogens with zero attached hydrogens (tertiary/aromatic N) is 7. The fourth-order valence-corrected chi connectivity index (χ4v) is 7.41. The molecular weight excluding hydrogens is 607 g/mol. The zero-order valence-electron chi connectivity index (χ0n) is 21.9. The molecule has 15 nitrogen and oxygen atoms in total. The molecular formula is C24H25N9O6S3. The van der Waals surface area contributed by atoms with Gasteiger partial charge < -0.3 is 20.6 Å². The first-order chi connectivity index (χ1) is 20.4. The van der Waals surface area contributed by atoms with E-state index in [9.17, 15) is 24.3 Å². The Kier molecular flexibility index (Phi) is 9.33. The smallest absolute Gasteiger partial charge is 0.352 e. The van der Waals surface area contributed by atoms with Crippen molar-refractivity contribution >= 4 is 69.9 Å². The number of tetrazole rings is 1. The normalized spacial score (nSPS) is 21.8. The molecule has 0 bridgehead atoms. The van der Waals surface area contributed by atoms with E-state index >= 15 is 0 Å². The van der Waals surface area contributed by atoms with Crippen LogP contribution in [0.5, 0.6) is 0 Å². The van der Waals surface area contributed by atoms with E-state index in [1.54, 1.807) is 6.08 Å². The van der Waals surface area contributed by atoms with Crippen molar-refractivity contribution in [2.75, 3.05) is 16.8 Å². The van der Waals surface area contributed by atoms with Gasteiger partial charge in [-0.15, -0.1) is 34.8 Å². The number of aliphatic carboxylic acids is 1. The molecule has 0 radical (unpaired) electrons.